The maximum absolute atomic E-state index is 8.05. The fraction of sp³-hybridized carbons (Fsp3) is 0.118. The van der Waals surface area contributed by atoms with Crippen molar-refractivity contribution in [1.29, 1.82) is 0 Å². The van der Waals surface area contributed by atoms with Gasteiger partial charge in [-0.05, 0) is 98.2 Å². The predicted molar refractivity (Wildman–Crippen MR) is 159 cm³/mol. The molecule has 0 aliphatic carbocycles. The molecule has 9 rings (SSSR count). The van der Waals surface area contributed by atoms with Crippen LogP contribution >= 0.6 is 0 Å². The highest BCUT2D eigenvalue weighted by Crippen LogP contribution is 2.43. The number of nitrogens with zero attached hydrogens (tertiary/aromatic N) is 2. The number of aryl methyl sites for hydroxylation is 4. The van der Waals surface area contributed by atoms with Crippen LogP contribution in [0, 0.1) is 27.4 Å². The minimum Gasteiger partial charge on any atom is -0.449 e. The summed E-state index contributed by atoms with van der Waals surface area (Å²) in [6, 6.07) is 17.7. The zero-order valence-electron chi connectivity index (χ0n) is 32.5. The molecule has 0 aliphatic heterocycles. The molecule has 0 saturated carbocycles. The molecule has 9 aromatic rings. The molecule has 0 N–H and O–H groups in total. The fourth-order valence-corrected chi connectivity index (χ4v) is 5.72. The second-order valence-corrected chi connectivity index (χ2v) is 9.82. The third-order valence-electron chi connectivity index (χ3n) is 7.37. The van der Waals surface area contributed by atoms with Crippen molar-refractivity contribution in [3.05, 3.63) is 95.1 Å². The van der Waals surface area contributed by atoms with E-state index < -0.39 is 27.4 Å². The molecular weight excluding hydrogens is 500 g/mol. The Bertz CT molecular complexity index is 2630. The molecule has 0 saturated heterocycles. The summed E-state index contributed by atoms with van der Waals surface area (Å²) < 4.78 is 126. The Morgan fingerprint density at radius 3 is 0.950 bits per heavy atom. The van der Waals surface area contributed by atoms with Crippen LogP contribution in [-0.4, -0.2) is 8.80 Å². The number of fused-ring (bicyclic) bond motifs is 10. The van der Waals surface area contributed by atoms with Gasteiger partial charge in [0.2, 0.25) is 0 Å². The quantitative estimate of drug-likeness (QED) is 0.143. The molecular formula is C34H24N2O4. The maximum Gasteiger partial charge on any atom is 0.200 e. The van der Waals surface area contributed by atoms with E-state index in [9.17, 15) is 0 Å². The van der Waals surface area contributed by atoms with Gasteiger partial charge in [-0.2, -0.15) is 0 Å². The number of rotatable bonds is 0. The second kappa shape index (κ2) is 7.30. The zero-order chi connectivity index (χ0) is 36.9. The van der Waals surface area contributed by atoms with Gasteiger partial charge < -0.3 is 17.7 Å². The number of hydrogen-bond donors (Lipinski definition) is 0. The fourth-order valence-electron chi connectivity index (χ4n) is 5.72. The summed E-state index contributed by atoms with van der Waals surface area (Å²) in [7, 11) is 0. The first-order chi connectivity index (χ1) is 24.3. The molecule has 194 valence electrons. The van der Waals surface area contributed by atoms with Gasteiger partial charge in [-0.3, -0.25) is 8.80 Å². The van der Waals surface area contributed by atoms with E-state index in [1.165, 1.54) is 48.5 Å². The topological polar surface area (TPSA) is 61.4 Å². The van der Waals surface area contributed by atoms with E-state index in [1.807, 2.05) is 0 Å². The lowest BCUT2D eigenvalue weighted by atomic mass is 10.1. The third-order valence-corrected chi connectivity index (χ3v) is 7.37. The largest absolute Gasteiger partial charge is 0.449 e. The molecule has 6 heteroatoms. The van der Waals surface area contributed by atoms with Gasteiger partial charge in [0, 0.05) is 16.4 Å². The van der Waals surface area contributed by atoms with Crippen LogP contribution in [0.1, 0.15) is 38.7 Å². The summed E-state index contributed by atoms with van der Waals surface area (Å²) in [5, 5.41) is 0. The van der Waals surface area contributed by atoms with Crippen LogP contribution in [0.5, 0.6) is 0 Å². The van der Waals surface area contributed by atoms with Gasteiger partial charge in [0.1, 0.15) is 11.0 Å². The molecule has 0 spiro atoms. The normalized spacial score (nSPS) is 18.2. The summed E-state index contributed by atoms with van der Waals surface area (Å²) in [5.41, 5.74) is 3.06. The molecule has 0 atom stereocenters. The lowest BCUT2D eigenvalue weighted by Crippen LogP contribution is -2.02. The van der Waals surface area contributed by atoms with E-state index >= 15 is 0 Å². The van der Waals surface area contributed by atoms with Crippen LogP contribution in [0.4, 0.5) is 0 Å². The summed E-state index contributed by atoms with van der Waals surface area (Å²) in [6.07, 6.45) is 0. The van der Waals surface area contributed by atoms with E-state index in [0.29, 0.717) is 22.1 Å². The summed E-state index contributed by atoms with van der Waals surface area (Å²) in [4.78, 5) is 0. The van der Waals surface area contributed by atoms with Crippen LogP contribution in [0.2, 0.25) is 0 Å². The van der Waals surface area contributed by atoms with Crippen LogP contribution in [0.25, 0.3) is 77.8 Å². The van der Waals surface area contributed by atoms with E-state index in [0.717, 1.165) is 0 Å². The van der Waals surface area contributed by atoms with Gasteiger partial charge in [0.25, 0.3) is 0 Å². The molecule has 6 nitrogen and oxygen atoms in total. The highest BCUT2D eigenvalue weighted by Gasteiger charge is 2.26. The van der Waals surface area contributed by atoms with Crippen molar-refractivity contribution in [3.8, 4) is 0 Å². The van der Waals surface area contributed by atoms with Crippen LogP contribution in [0.15, 0.2) is 90.5 Å². The number of aromatic nitrogens is 2. The van der Waals surface area contributed by atoms with Gasteiger partial charge >= 0.3 is 0 Å². The van der Waals surface area contributed by atoms with Crippen molar-refractivity contribution < 1.29 is 34.1 Å². The molecule has 0 aliphatic rings. The predicted octanol–water partition coefficient (Wildman–Crippen LogP) is 9.84. The molecule has 0 amide bonds. The zero-order valence-corrected chi connectivity index (χ0v) is 20.5. The average molecular weight is 537 g/mol. The van der Waals surface area contributed by atoms with Crippen molar-refractivity contribution >= 4 is 77.8 Å². The molecule has 4 heterocycles. The SMILES string of the molecule is [2H]C([2H])([2H])c1ccc2c(c1)oc1c3oc4cc(C([2H])([2H])[2H])ccc4n4c5ccc(C([2H])([2H])[2H])cc5oc(c5oc6cc(C([2H])([2H])[2H])ccc6n2c15)c34. The van der Waals surface area contributed by atoms with Crippen molar-refractivity contribution in [3.63, 3.8) is 0 Å². The molecule has 0 radical (unpaired) electrons. The van der Waals surface area contributed by atoms with Gasteiger partial charge in [-0.1, -0.05) is 24.3 Å². The van der Waals surface area contributed by atoms with Gasteiger partial charge in [0.05, 0.1) is 22.1 Å². The van der Waals surface area contributed by atoms with Crippen molar-refractivity contribution in [2.75, 3.05) is 0 Å². The Balaban J connectivity index is 1.60. The first-order valence-corrected chi connectivity index (χ1v) is 12.4. The number of hydrogen-bond acceptors (Lipinski definition) is 4. The molecule has 0 bridgehead atoms. The van der Waals surface area contributed by atoms with Gasteiger partial charge in [-0.15, -0.1) is 0 Å². The Morgan fingerprint density at radius 1 is 0.425 bits per heavy atom. The molecule has 4 aromatic heterocycles. The highest BCUT2D eigenvalue weighted by molar-refractivity contribution is 6.20. The molecule has 5 aromatic carbocycles. The lowest BCUT2D eigenvalue weighted by Gasteiger charge is -2.19. The Hall–Kier alpha value is -5.10. The summed E-state index contributed by atoms with van der Waals surface area (Å²) >= 11 is 0. The second-order valence-electron chi connectivity index (χ2n) is 9.82. The van der Waals surface area contributed by atoms with Crippen molar-refractivity contribution in [2.45, 2.75) is 27.4 Å². The maximum atomic E-state index is 8.05. The van der Waals surface area contributed by atoms with Crippen LogP contribution in [-0.2, 0) is 0 Å². The Labute approximate surface area is 243 Å². The third kappa shape index (κ3) is 2.72. The molecule has 0 fully saturated rings. The van der Waals surface area contributed by atoms with Crippen molar-refractivity contribution in [2.24, 2.45) is 0 Å². The van der Waals surface area contributed by atoms with Crippen LogP contribution < -0.4 is 0 Å². The Morgan fingerprint density at radius 2 is 0.700 bits per heavy atom. The van der Waals surface area contributed by atoms with E-state index in [4.69, 9.17) is 34.1 Å². The van der Waals surface area contributed by atoms with Crippen molar-refractivity contribution in [1.82, 2.24) is 8.80 Å². The minimum atomic E-state index is -2.48. The highest BCUT2D eigenvalue weighted by atomic mass is 16.4. The monoisotopic (exact) mass is 536 g/mol. The Kier molecular flexibility index (Phi) is 2.43. The van der Waals surface area contributed by atoms with Gasteiger partial charge in [0.15, 0.2) is 44.7 Å². The van der Waals surface area contributed by atoms with E-state index in [2.05, 4.69) is 0 Å². The lowest BCUT2D eigenvalue weighted by molar-refractivity contribution is 0.597. The summed E-state index contributed by atoms with van der Waals surface area (Å²) in [6.45, 7) is -9.91. The molecule has 40 heavy (non-hydrogen) atoms. The number of benzene rings is 5. The first-order valence-electron chi connectivity index (χ1n) is 18.4. The average Bonchev–Trinajstić information content (AvgIpc) is 3.06. The van der Waals surface area contributed by atoms with Crippen LogP contribution in [0.3, 0.4) is 0 Å². The van der Waals surface area contributed by atoms with Gasteiger partial charge in [-0.25, -0.2) is 0 Å². The summed E-state index contributed by atoms with van der Waals surface area (Å²) in [5.74, 6) is 0. The minimum absolute atomic E-state index is 0.00490. The van der Waals surface area contributed by atoms with E-state index in [1.54, 1.807) is 33.1 Å². The smallest absolute Gasteiger partial charge is 0.200 e. The van der Waals surface area contributed by atoms with E-state index in [-0.39, 0.29) is 78.0 Å². The molecule has 0 unspecified atom stereocenters. The standard InChI is InChI=1S/C34H24N2O4/c1-17-5-9-21-25(13-17)37-31-29-33(39-26-14-18(2)6-10-22(26)35(21)29)34-30-32(31)38-27-15-19(3)7-11-23(27)36(30)24-12-8-20(4)16-28(24)40-34/h5-16H,1-4H3/i1D3,2D3,3D3,4D3. The first kappa shape index (κ1) is 13.3.